The summed E-state index contributed by atoms with van der Waals surface area (Å²) < 4.78 is 11.3. The zero-order valence-corrected chi connectivity index (χ0v) is 41.4. The summed E-state index contributed by atoms with van der Waals surface area (Å²) in [7, 11) is 1.41. The Bertz CT molecular complexity index is 2460. The lowest BCUT2D eigenvalue weighted by Crippen LogP contribution is -2.29. The molecule has 3 aromatic rings. The number of H-pyrrole nitrogens is 3. The third-order valence-corrected chi connectivity index (χ3v) is 14.9. The van der Waals surface area contributed by atoms with Crippen molar-refractivity contribution >= 4 is 41.6 Å². The van der Waals surface area contributed by atoms with E-state index in [0.29, 0.717) is 35.1 Å². The van der Waals surface area contributed by atoms with Gasteiger partial charge in [-0.15, -0.1) is 0 Å². The van der Waals surface area contributed by atoms with Crippen LogP contribution in [0.5, 0.6) is 0 Å². The Morgan fingerprint density at radius 1 is 0.894 bits per heavy atom. The number of aromatic amines is 3. The highest BCUT2D eigenvalue weighted by atomic mass is 16.6. The largest absolute Gasteiger partial charge is 0.461 e. The van der Waals surface area contributed by atoms with Crippen molar-refractivity contribution < 1.29 is 34.4 Å². The monoisotopic (exact) mass is 907 g/mol. The van der Waals surface area contributed by atoms with Crippen molar-refractivity contribution in [2.75, 3.05) is 20.3 Å². The summed E-state index contributed by atoms with van der Waals surface area (Å²) in [5, 5.41) is 37.4. The van der Waals surface area contributed by atoms with Gasteiger partial charge >= 0.3 is 5.97 Å². The number of aliphatic hydroxyl groups excluding tert-OH is 3. The molecule has 6 rings (SSSR count). The number of esters is 1. The number of ether oxygens (including phenoxy) is 2. The lowest BCUT2D eigenvalue weighted by molar-refractivity contribution is -0.142. The summed E-state index contributed by atoms with van der Waals surface area (Å²) in [5.74, 6) is -0.697. The van der Waals surface area contributed by atoms with E-state index < -0.39 is 18.3 Å². The lowest BCUT2D eigenvalue weighted by Gasteiger charge is -2.23. The summed E-state index contributed by atoms with van der Waals surface area (Å²) in [5.41, 5.74) is 12.7. The molecule has 1 aliphatic carbocycles. The van der Waals surface area contributed by atoms with E-state index in [1.807, 2.05) is 19.1 Å². The predicted molar refractivity (Wildman–Crippen MR) is 265 cm³/mol. The number of aromatic nitrogens is 3. The van der Waals surface area contributed by atoms with Gasteiger partial charge in [-0.05, 0) is 131 Å². The summed E-state index contributed by atoms with van der Waals surface area (Å²) in [6.07, 6.45) is 17.6. The van der Waals surface area contributed by atoms with Crippen LogP contribution in [0.3, 0.4) is 0 Å². The van der Waals surface area contributed by atoms with E-state index in [4.69, 9.17) is 9.47 Å². The molecule has 11 nitrogen and oxygen atoms in total. The number of allylic oxidation sites excluding steroid dienone is 3. The molecule has 7 N–H and O–H groups in total. The Labute approximate surface area is 392 Å². The molecule has 3 aromatic heterocycles. The number of aliphatic hydroxyl groups is 3. The van der Waals surface area contributed by atoms with E-state index in [1.165, 1.54) is 18.2 Å². The second kappa shape index (κ2) is 22.4. The highest BCUT2D eigenvalue weighted by molar-refractivity contribution is 6.15. The van der Waals surface area contributed by atoms with E-state index in [9.17, 15) is 24.9 Å². The Balaban J connectivity index is 1.19. The molecule has 1 saturated heterocycles. The molecule has 0 saturated carbocycles. The minimum atomic E-state index is -1.38. The van der Waals surface area contributed by atoms with Gasteiger partial charge in [0.15, 0.2) is 12.1 Å². The molecule has 2 aliphatic heterocycles. The smallest absolute Gasteiger partial charge is 0.306 e. The quantitative estimate of drug-likeness (QED) is 0.0298. The van der Waals surface area contributed by atoms with Gasteiger partial charge in [0.05, 0.1) is 11.8 Å². The van der Waals surface area contributed by atoms with Gasteiger partial charge in [-0.1, -0.05) is 72.1 Å². The molecule has 5 heterocycles. The standard InChI is InChI=1S/C55H78N4O7/c1-12-38-33(7)41-26-43-35(9)40(21-23-48(62)66-25-24-32(6)17-14-16-31(5)18-15-19-37(29-60)47(61)22-20-30(3)4)52(58-43)50-51(55(64)65-11)54(63)49-36(10)44(59-53(49)50)28-46-39(13-2)34(8)42(57-46)27-45(38)56-41/h12,24,26-28,30-31,35,37,40,47,51,55-61,64H,1,13-23,25,29H2,2-11H3/b32-24+,42-27-,43-26-,46-28-,52-50-/t31-,35-,37+,40-,47-,51+,55?/m0/s1. The zero-order chi connectivity index (χ0) is 48.0. The number of ketones is 1. The minimum absolute atomic E-state index is 0.0363. The van der Waals surface area contributed by atoms with Crippen LogP contribution in [-0.4, -0.2) is 74.7 Å². The van der Waals surface area contributed by atoms with Crippen molar-refractivity contribution in [3.05, 3.63) is 96.5 Å². The molecule has 0 radical (unpaired) electrons. The Hall–Kier alpha value is -4.68. The first-order chi connectivity index (χ1) is 31.5. The number of hydrogen-bond acceptors (Lipinski definition) is 8. The van der Waals surface area contributed by atoms with E-state index in [1.54, 1.807) is 0 Å². The van der Waals surface area contributed by atoms with Gasteiger partial charge in [-0.3, -0.25) is 9.59 Å². The van der Waals surface area contributed by atoms with E-state index in [0.717, 1.165) is 119 Å². The van der Waals surface area contributed by atoms with Crippen molar-refractivity contribution in [3.8, 4) is 0 Å². The molecule has 7 atom stereocenters. The van der Waals surface area contributed by atoms with Crippen LogP contribution in [0.2, 0.25) is 0 Å². The van der Waals surface area contributed by atoms with Crippen LogP contribution >= 0.6 is 0 Å². The van der Waals surface area contributed by atoms with Gasteiger partial charge in [-0.2, -0.15) is 0 Å². The number of Topliss-reactive ketones (excluding diaryl/α,β-unsaturated/α-hetero) is 1. The predicted octanol–water partition coefficient (Wildman–Crippen LogP) is 8.81. The highest BCUT2D eigenvalue weighted by Crippen LogP contribution is 2.49. The van der Waals surface area contributed by atoms with E-state index in [2.05, 4.69) is 100 Å². The van der Waals surface area contributed by atoms with E-state index >= 15 is 0 Å². The average Bonchev–Trinajstić information content (AvgIpc) is 4.03. The van der Waals surface area contributed by atoms with Crippen LogP contribution in [0.25, 0.3) is 29.9 Å². The Morgan fingerprint density at radius 3 is 2.29 bits per heavy atom. The topological polar surface area (TPSA) is 173 Å². The second-order valence-corrected chi connectivity index (χ2v) is 19.9. The van der Waals surface area contributed by atoms with Gasteiger partial charge < -0.3 is 45.1 Å². The fourth-order valence-electron chi connectivity index (χ4n) is 10.6. The van der Waals surface area contributed by atoms with Crippen LogP contribution in [0.1, 0.15) is 167 Å². The summed E-state index contributed by atoms with van der Waals surface area (Å²) in [4.78, 5) is 38.9. The molecule has 0 aromatic carbocycles. The van der Waals surface area contributed by atoms with Crippen molar-refractivity contribution in [1.82, 2.24) is 20.3 Å². The molecule has 66 heavy (non-hydrogen) atoms. The fourth-order valence-corrected chi connectivity index (χ4v) is 10.6. The molecule has 1 unspecified atom stereocenters. The van der Waals surface area contributed by atoms with Gasteiger partial charge in [0.1, 0.15) is 12.5 Å². The zero-order valence-electron chi connectivity index (χ0n) is 41.4. The maximum atomic E-state index is 14.5. The molecule has 8 bridgehead atoms. The number of carbonyl (C=O) groups excluding carboxylic acids is 2. The second-order valence-electron chi connectivity index (χ2n) is 19.9. The summed E-state index contributed by atoms with van der Waals surface area (Å²) in [6, 6.07) is 0. The number of methoxy groups -OCH3 is 1. The normalized spacial score (nSPS) is 22.8. The number of nitrogens with one attached hydrogen (secondary N) is 4. The fraction of sp³-hybridized carbons (Fsp3) is 0.564. The first-order valence-corrected chi connectivity index (χ1v) is 24.6. The maximum Gasteiger partial charge on any atom is 0.306 e. The molecule has 1 fully saturated rings. The number of hydrogen-bond donors (Lipinski definition) is 7. The van der Waals surface area contributed by atoms with Crippen LogP contribution < -0.4 is 16.0 Å². The summed E-state index contributed by atoms with van der Waals surface area (Å²) in [6.45, 7) is 23.5. The van der Waals surface area contributed by atoms with Crippen LogP contribution in [-0.2, 0) is 20.7 Å². The average molecular weight is 907 g/mol. The SMILES string of the molecule is C=Cc1c2[nH]c(c1C)/C=C1\N/C(=C3\c4[nH]c(c(C)c4C(=O)[C@@H]3C(O)OC)/C=c3\[nH]/c(c(C)c3CC)=C\2)[C@@H](CCC(=O)OC/C=C(\C)CCC[C@H](C)CCC[C@H](CO)[C@@H](O)CCC(C)C)[C@@H]1C. The third-order valence-electron chi connectivity index (χ3n) is 14.9. The minimum Gasteiger partial charge on any atom is -0.461 e. The van der Waals surface area contributed by atoms with Crippen molar-refractivity contribution in [2.24, 2.45) is 35.5 Å². The third kappa shape index (κ3) is 11.0. The van der Waals surface area contributed by atoms with Gasteiger partial charge in [0, 0.05) is 93.8 Å². The van der Waals surface area contributed by atoms with Crippen molar-refractivity contribution in [3.63, 3.8) is 0 Å². The van der Waals surface area contributed by atoms with Crippen molar-refractivity contribution in [1.29, 1.82) is 0 Å². The van der Waals surface area contributed by atoms with E-state index in [-0.39, 0.29) is 49.1 Å². The Kier molecular flexibility index (Phi) is 17.2. The number of rotatable bonds is 22. The summed E-state index contributed by atoms with van der Waals surface area (Å²) >= 11 is 0. The number of fused-ring (bicyclic) bond motifs is 7. The van der Waals surface area contributed by atoms with Crippen LogP contribution in [0, 0.1) is 56.3 Å². The molecule has 0 amide bonds. The molecular formula is C55H78N4O7. The highest BCUT2D eigenvalue weighted by Gasteiger charge is 2.48. The van der Waals surface area contributed by atoms with Gasteiger partial charge in [0.2, 0.25) is 0 Å². The lowest BCUT2D eigenvalue weighted by atomic mass is 9.84. The molecule has 360 valence electrons. The van der Waals surface area contributed by atoms with Gasteiger partial charge in [-0.25, -0.2) is 0 Å². The first kappa shape index (κ1) is 50.7. The Morgan fingerprint density at radius 2 is 1.61 bits per heavy atom. The first-order valence-electron chi connectivity index (χ1n) is 24.6. The molecule has 3 aliphatic rings. The molecule has 0 spiro atoms. The molecular weight excluding hydrogens is 829 g/mol. The van der Waals surface area contributed by atoms with Gasteiger partial charge in [0.25, 0.3) is 0 Å². The molecule has 11 heteroatoms. The number of carbonyl (C=O) groups is 2. The van der Waals surface area contributed by atoms with Crippen LogP contribution in [0.15, 0.2) is 29.6 Å². The maximum absolute atomic E-state index is 14.5. The van der Waals surface area contributed by atoms with Crippen molar-refractivity contribution in [2.45, 2.75) is 145 Å². The van der Waals surface area contributed by atoms with Crippen LogP contribution in [0.4, 0.5) is 0 Å².